The number of carbonyl (C=O) groups excluding carboxylic acids is 3. The molecule has 6 nitrogen and oxygen atoms in total. The normalized spacial score (nSPS) is 13.1. The van der Waals surface area contributed by atoms with Gasteiger partial charge in [-0.25, -0.2) is 0 Å². The minimum absolute atomic E-state index is 0.0987. The topological polar surface area (TPSA) is 78.9 Å². The van der Waals surface area contributed by atoms with Gasteiger partial charge < -0.3 is 14.2 Å². The van der Waals surface area contributed by atoms with E-state index in [1.807, 2.05) is 0 Å². The smallest absolute Gasteiger partial charge is 0.306 e. The van der Waals surface area contributed by atoms with Gasteiger partial charge in [0, 0.05) is 19.3 Å². The van der Waals surface area contributed by atoms with Crippen LogP contribution in [0.1, 0.15) is 290 Å². The van der Waals surface area contributed by atoms with Crippen LogP contribution in [0.4, 0.5) is 0 Å². The summed E-state index contributed by atoms with van der Waals surface area (Å²) in [6.45, 7) is 6.39. The minimum Gasteiger partial charge on any atom is -0.462 e. The Labute approximate surface area is 499 Å². The fourth-order valence-corrected chi connectivity index (χ4v) is 8.92. The molecule has 0 saturated heterocycles. The van der Waals surface area contributed by atoms with Gasteiger partial charge in [-0.3, -0.25) is 14.4 Å². The van der Waals surface area contributed by atoms with Crippen molar-refractivity contribution < 1.29 is 28.6 Å². The standard InChI is InChI=1S/C75H122O6/c1-4-7-10-13-16-19-22-25-28-31-32-33-34-35-36-37-38-39-40-41-42-45-47-50-53-56-59-62-65-68-74(77)80-71-72(81-75(78)69-66-63-60-57-54-51-48-44-30-27-24-21-18-15-12-9-6-3)70-79-73(76)67-64-61-58-55-52-49-46-43-29-26-23-20-17-14-11-8-5-2/h7,9-10,12,16,18-19,21,25,27-28,30,32-33,35-36,38-39,41-42,47-48,50-51,72H,4-6,8,11,13-15,17,20,22-24,26,29,31,34,37,40,43-46,49,52-71H2,1-3H3/b10-7-,12-9-,19-16-,21-18-,28-25-,30-27-,33-32-,36-35-,39-38-,42-41-,50-47-,51-48-. The van der Waals surface area contributed by atoms with E-state index < -0.39 is 6.10 Å². The molecule has 0 N–H and O–H groups in total. The largest absolute Gasteiger partial charge is 0.462 e. The second-order valence-corrected chi connectivity index (χ2v) is 21.6. The van der Waals surface area contributed by atoms with Crippen LogP contribution in [0.3, 0.4) is 0 Å². The summed E-state index contributed by atoms with van der Waals surface area (Å²) in [5, 5.41) is 0. The molecule has 1 unspecified atom stereocenters. The van der Waals surface area contributed by atoms with Crippen LogP contribution in [0.25, 0.3) is 0 Å². The maximum absolute atomic E-state index is 12.9. The molecular weight excluding hydrogens is 997 g/mol. The van der Waals surface area contributed by atoms with Crippen molar-refractivity contribution >= 4 is 17.9 Å². The Morgan fingerprint density at radius 3 is 0.753 bits per heavy atom. The van der Waals surface area contributed by atoms with Crippen LogP contribution in [-0.4, -0.2) is 37.2 Å². The highest BCUT2D eigenvalue weighted by molar-refractivity contribution is 5.71. The number of hydrogen-bond acceptors (Lipinski definition) is 6. The lowest BCUT2D eigenvalue weighted by molar-refractivity contribution is -0.167. The van der Waals surface area contributed by atoms with Crippen molar-refractivity contribution in [3.63, 3.8) is 0 Å². The van der Waals surface area contributed by atoms with Gasteiger partial charge in [-0.15, -0.1) is 0 Å². The van der Waals surface area contributed by atoms with E-state index in [-0.39, 0.29) is 31.1 Å². The molecule has 0 aliphatic carbocycles. The number of unbranched alkanes of at least 4 members (excludes halogenated alkanes) is 24. The fourth-order valence-electron chi connectivity index (χ4n) is 8.92. The van der Waals surface area contributed by atoms with E-state index in [1.165, 1.54) is 89.9 Å². The quantitative estimate of drug-likeness (QED) is 0.0261. The van der Waals surface area contributed by atoms with E-state index >= 15 is 0 Å². The first-order chi connectivity index (χ1) is 40.0. The maximum Gasteiger partial charge on any atom is 0.306 e. The molecule has 0 aromatic carbocycles. The Hall–Kier alpha value is -4.71. The summed E-state index contributed by atoms with van der Waals surface area (Å²) in [4.78, 5) is 38.4. The highest BCUT2D eigenvalue weighted by atomic mass is 16.6. The molecule has 458 valence electrons. The summed E-state index contributed by atoms with van der Waals surface area (Å²) >= 11 is 0. The van der Waals surface area contributed by atoms with Gasteiger partial charge in [0.1, 0.15) is 13.2 Å². The third kappa shape index (κ3) is 66.0. The van der Waals surface area contributed by atoms with E-state index in [4.69, 9.17) is 14.2 Å². The van der Waals surface area contributed by atoms with E-state index in [2.05, 4.69) is 167 Å². The van der Waals surface area contributed by atoms with Crippen molar-refractivity contribution in [3.05, 3.63) is 146 Å². The molecule has 0 bridgehead atoms. The molecule has 1 atom stereocenters. The zero-order valence-corrected chi connectivity index (χ0v) is 52.5. The van der Waals surface area contributed by atoms with Crippen molar-refractivity contribution in [2.75, 3.05) is 13.2 Å². The maximum atomic E-state index is 12.9. The van der Waals surface area contributed by atoms with E-state index in [1.54, 1.807) is 0 Å². The lowest BCUT2D eigenvalue weighted by Gasteiger charge is -2.18. The first-order valence-corrected chi connectivity index (χ1v) is 33.3. The van der Waals surface area contributed by atoms with Gasteiger partial charge in [0.25, 0.3) is 0 Å². The van der Waals surface area contributed by atoms with Crippen molar-refractivity contribution in [1.82, 2.24) is 0 Å². The summed E-state index contributed by atoms with van der Waals surface area (Å²) in [7, 11) is 0. The Kier molecular flexibility index (Phi) is 63.9. The zero-order valence-electron chi connectivity index (χ0n) is 52.5. The number of carbonyl (C=O) groups is 3. The van der Waals surface area contributed by atoms with Gasteiger partial charge in [0.15, 0.2) is 6.10 Å². The molecule has 0 aromatic heterocycles. The Morgan fingerprint density at radius 2 is 0.481 bits per heavy atom. The molecule has 0 saturated carbocycles. The molecule has 0 aliphatic rings. The number of esters is 3. The number of allylic oxidation sites excluding steroid dienone is 24. The van der Waals surface area contributed by atoms with Crippen molar-refractivity contribution in [1.29, 1.82) is 0 Å². The van der Waals surface area contributed by atoms with Gasteiger partial charge in [-0.2, -0.15) is 0 Å². The van der Waals surface area contributed by atoms with Gasteiger partial charge in [-0.05, 0) is 122 Å². The minimum atomic E-state index is -0.808. The second kappa shape index (κ2) is 67.8. The molecule has 81 heavy (non-hydrogen) atoms. The van der Waals surface area contributed by atoms with Crippen LogP contribution in [0.15, 0.2) is 146 Å². The summed E-state index contributed by atoms with van der Waals surface area (Å²) in [6.07, 6.45) is 97.1. The van der Waals surface area contributed by atoms with Gasteiger partial charge in [-0.1, -0.05) is 295 Å². The molecule has 0 aromatic rings. The van der Waals surface area contributed by atoms with Crippen molar-refractivity contribution in [2.24, 2.45) is 0 Å². The molecular formula is C75H122O6. The van der Waals surface area contributed by atoms with Crippen LogP contribution in [0.2, 0.25) is 0 Å². The first-order valence-electron chi connectivity index (χ1n) is 33.3. The lowest BCUT2D eigenvalue weighted by Crippen LogP contribution is -2.30. The van der Waals surface area contributed by atoms with Crippen LogP contribution in [0.5, 0.6) is 0 Å². The predicted octanol–water partition coefficient (Wildman–Crippen LogP) is 23.1. The fraction of sp³-hybridized carbons (Fsp3) is 0.640. The van der Waals surface area contributed by atoms with Gasteiger partial charge in [0.05, 0.1) is 0 Å². The Morgan fingerprint density at radius 1 is 0.259 bits per heavy atom. The first kappa shape index (κ1) is 76.3. The summed E-state index contributed by atoms with van der Waals surface area (Å²) in [5.41, 5.74) is 0. The molecule has 6 heteroatoms. The van der Waals surface area contributed by atoms with Crippen LogP contribution in [-0.2, 0) is 28.6 Å². The average molecular weight is 1120 g/mol. The highest BCUT2D eigenvalue weighted by Crippen LogP contribution is 2.16. The molecule has 0 rings (SSSR count). The number of rotatable bonds is 59. The SMILES string of the molecule is CC/C=C\C/C=C\C/C=C\C/C=C\C/C=C\C/C=C\C/C=C\C/C=C\CCCCCCC(=O)OCC(COC(=O)CCCCCCCCCCCCCCCCCCC)OC(=O)CCCCCC/C=C\C/C=C\C/C=C\C/C=C\CC. The van der Waals surface area contributed by atoms with Crippen LogP contribution < -0.4 is 0 Å². The summed E-state index contributed by atoms with van der Waals surface area (Å²) < 4.78 is 16.9. The average Bonchev–Trinajstić information content (AvgIpc) is 3.47. The number of ether oxygens (including phenoxy) is 3. The Bertz CT molecular complexity index is 1760. The van der Waals surface area contributed by atoms with Crippen LogP contribution in [0, 0.1) is 0 Å². The van der Waals surface area contributed by atoms with E-state index in [0.717, 1.165) is 161 Å². The molecule has 0 spiro atoms. The number of hydrogen-bond donors (Lipinski definition) is 0. The monoisotopic (exact) mass is 1120 g/mol. The molecule has 0 radical (unpaired) electrons. The van der Waals surface area contributed by atoms with E-state index in [9.17, 15) is 14.4 Å². The lowest BCUT2D eigenvalue weighted by atomic mass is 10.0. The zero-order chi connectivity index (χ0) is 58.5. The van der Waals surface area contributed by atoms with Crippen molar-refractivity contribution in [3.8, 4) is 0 Å². The van der Waals surface area contributed by atoms with Gasteiger partial charge >= 0.3 is 17.9 Å². The molecule has 0 fully saturated rings. The molecule has 0 aliphatic heterocycles. The summed E-state index contributed by atoms with van der Waals surface area (Å²) in [6, 6.07) is 0. The molecule has 0 heterocycles. The Balaban J connectivity index is 4.44. The third-order valence-electron chi connectivity index (χ3n) is 13.8. The summed E-state index contributed by atoms with van der Waals surface area (Å²) in [5.74, 6) is -0.945. The van der Waals surface area contributed by atoms with Gasteiger partial charge in [0.2, 0.25) is 0 Å². The van der Waals surface area contributed by atoms with Crippen molar-refractivity contribution in [2.45, 2.75) is 297 Å². The second-order valence-electron chi connectivity index (χ2n) is 21.6. The van der Waals surface area contributed by atoms with E-state index in [0.29, 0.717) is 19.3 Å². The molecule has 0 amide bonds. The van der Waals surface area contributed by atoms with Crippen LogP contribution >= 0.6 is 0 Å². The third-order valence-corrected chi connectivity index (χ3v) is 13.8. The highest BCUT2D eigenvalue weighted by Gasteiger charge is 2.19. The predicted molar refractivity (Wildman–Crippen MR) is 352 cm³/mol.